The van der Waals surface area contributed by atoms with Gasteiger partial charge in [-0.05, 0) is 86.9 Å². The summed E-state index contributed by atoms with van der Waals surface area (Å²) < 4.78 is 28.5. The third-order valence-corrected chi connectivity index (χ3v) is 9.29. The van der Waals surface area contributed by atoms with Crippen molar-refractivity contribution in [1.82, 2.24) is 4.31 Å². The minimum absolute atomic E-state index is 0.0327. The van der Waals surface area contributed by atoms with Crippen molar-refractivity contribution in [3.63, 3.8) is 0 Å². The number of piperidine rings is 1. The zero-order chi connectivity index (χ0) is 24.7. The largest absolute Gasteiger partial charge is 0.326 e. The first kappa shape index (κ1) is 24.0. The average molecular weight is 496 g/mol. The van der Waals surface area contributed by atoms with Crippen LogP contribution in [-0.2, 0) is 32.5 Å². The fourth-order valence-corrected chi connectivity index (χ4v) is 6.84. The summed E-state index contributed by atoms with van der Waals surface area (Å²) in [5.41, 5.74) is 3.61. The number of hydrogen-bond acceptors (Lipinski definition) is 4. The van der Waals surface area contributed by atoms with E-state index in [-0.39, 0.29) is 35.2 Å². The van der Waals surface area contributed by atoms with Gasteiger partial charge in [0.2, 0.25) is 21.8 Å². The molecule has 7 nitrogen and oxygen atoms in total. The highest BCUT2D eigenvalue weighted by atomic mass is 32.2. The van der Waals surface area contributed by atoms with Crippen LogP contribution in [0.3, 0.4) is 0 Å². The third-order valence-electron chi connectivity index (χ3n) is 7.43. The van der Waals surface area contributed by atoms with Crippen LogP contribution < -0.4 is 10.2 Å². The van der Waals surface area contributed by atoms with E-state index in [9.17, 15) is 18.0 Å². The van der Waals surface area contributed by atoms with E-state index in [1.807, 2.05) is 36.1 Å². The number of rotatable bonds is 6. The number of nitrogens with zero attached hydrogens (tertiary/aromatic N) is 2. The molecule has 1 N–H and O–H groups in total. The minimum atomic E-state index is -3.74. The van der Waals surface area contributed by atoms with Gasteiger partial charge in [-0.2, -0.15) is 4.31 Å². The van der Waals surface area contributed by atoms with E-state index in [1.54, 1.807) is 18.2 Å². The Kier molecular flexibility index (Phi) is 6.44. The number of carbonyl (C=O) groups excluding carboxylic acids is 2. The predicted molar refractivity (Wildman–Crippen MR) is 136 cm³/mol. The molecule has 2 heterocycles. The van der Waals surface area contributed by atoms with E-state index in [2.05, 4.69) is 12.2 Å². The molecule has 0 aromatic heterocycles. The Morgan fingerprint density at radius 1 is 1.06 bits per heavy atom. The Morgan fingerprint density at radius 3 is 2.60 bits per heavy atom. The molecule has 2 aromatic rings. The van der Waals surface area contributed by atoms with Crippen molar-refractivity contribution >= 4 is 33.2 Å². The first-order valence-electron chi connectivity index (χ1n) is 12.6. The van der Waals surface area contributed by atoms with Crippen molar-refractivity contribution in [2.75, 3.05) is 23.3 Å². The van der Waals surface area contributed by atoms with Gasteiger partial charge in [0.1, 0.15) is 0 Å². The van der Waals surface area contributed by atoms with Gasteiger partial charge in [0.15, 0.2) is 0 Å². The molecular formula is C27H33N3O4S. The SMILES string of the molecule is CCc1cccc(NC(=O)C2CCCN(S(=O)(=O)c3ccc4c(c3)CC(C)N4C(=O)C3CC3)C2)c1. The van der Waals surface area contributed by atoms with Gasteiger partial charge in [-0.25, -0.2) is 8.42 Å². The van der Waals surface area contributed by atoms with Gasteiger partial charge in [0.05, 0.1) is 10.8 Å². The number of anilines is 2. The topological polar surface area (TPSA) is 86.8 Å². The maximum Gasteiger partial charge on any atom is 0.243 e. The number of nitrogens with one attached hydrogen (secondary N) is 1. The highest BCUT2D eigenvalue weighted by Gasteiger charge is 2.40. The second kappa shape index (κ2) is 9.39. The number of amides is 2. The Hall–Kier alpha value is -2.71. The summed E-state index contributed by atoms with van der Waals surface area (Å²) in [5, 5.41) is 2.97. The molecule has 1 aliphatic carbocycles. The van der Waals surface area contributed by atoms with Crippen molar-refractivity contribution in [1.29, 1.82) is 0 Å². The molecule has 2 atom stereocenters. The molecular weight excluding hydrogens is 462 g/mol. The Balaban J connectivity index is 1.31. The van der Waals surface area contributed by atoms with Gasteiger partial charge in [-0.3, -0.25) is 9.59 Å². The third kappa shape index (κ3) is 4.74. The second-order valence-corrected chi connectivity index (χ2v) is 12.0. The van der Waals surface area contributed by atoms with Gasteiger partial charge in [0.25, 0.3) is 0 Å². The van der Waals surface area contributed by atoms with Crippen LogP contribution in [0.1, 0.15) is 50.7 Å². The summed E-state index contributed by atoms with van der Waals surface area (Å²) in [5.74, 6) is -0.269. The lowest BCUT2D eigenvalue weighted by Crippen LogP contribution is -2.43. The Bertz CT molecular complexity index is 1250. The molecule has 35 heavy (non-hydrogen) atoms. The first-order chi connectivity index (χ1) is 16.8. The van der Waals surface area contributed by atoms with E-state index < -0.39 is 15.9 Å². The molecule has 1 saturated carbocycles. The smallest absolute Gasteiger partial charge is 0.243 e. The zero-order valence-corrected chi connectivity index (χ0v) is 21.2. The Morgan fingerprint density at radius 2 is 1.86 bits per heavy atom. The number of hydrogen-bond donors (Lipinski definition) is 1. The molecule has 0 radical (unpaired) electrons. The summed E-state index contributed by atoms with van der Waals surface area (Å²) in [6.07, 6.45) is 4.71. The molecule has 2 aromatic carbocycles. The number of fused-ring (bicyclic) bond motifs is 1. The number of sulfonamides is 1. The quantitative estimate of drug-likeness (QED) is 0.657. The highest BCUT2D eigenvalue weighted by Crippen LogP contribution is 2.40. The molecule has 0 bridgehead atoms. The van der Waals surface area contributed by atoms with Crippen LogP contribution in [0.4, 0.5) is 11.4 Å². The average Bonchev–Trinajstić information content (AvgIpc) is 3.65. The van der Waals surface area contributed by atoms with Crippen molar-refractivity contribution < 1.29 is 18.0 Å². The molecule has 2 amide bonds. The lowest BCUT2D eigenvalue weighted by Gasteiger charge is -2.31. The summed E-state index contributed by atoms with van der Waals surface area (Å²) in [6, 6.07) is 12.9. The van der Waals surface area contributed by atoms with Crippen LogP contribution in [-0.4, -0.2) is 43.7 Å². The van der Waals surface area contributed by atoms with Gasteiger partial charge in [0, 0.05) is 36.4 Å². The highest BCUT2D eigenvalue weighted by molar-refractivity contribution is 7.89. The first-order valence-corrected chi connectivity index (χ1v) is 14.1. The lowest BCUT2D eigenvalue weighted by molar-refractivity contribution is -0.121. The summed E-state index contributed by atoms with van der Waals surface area (Å²) in [4.78, 5) is 27.8. The van der Waals surface area contributed by atoms with Gasteiger partial charge >= 0.3 is 0 Å². The molecule has 2 unspecified atom stereocenters. The van der Waals surface area contributed by atoms with Gasteiger partial charge in [-0.1, -0.05) is 19.1 Å². The van der Waals surface area contributed by atoms with Crippen LogP contribution in [0, 0.1) is 11.8 Å². The summed E-state index contributed by atoms with van der Waals surface area (Å²) >= 11 is 0. The maximum atomic E-state index is 13.5. The molecule has 3 aliphatic rings. The van der Waals surface area contributed by atoms with Crippen molar-refractivity contribution in [3.05, 3.63) is 53.6 Å². The fraction of sp³-hybridized carbons (Fsp3) is 0.481. The van der Waals surface area contributed by atoms with E-state index in [4.69, 9.17) is 0 Å². The Labute approximate surface area is 207 Å². The van der Waals surface area contributed by atoms with Crippen LogP contribution in [0.25, 0.3) is 0 Å². The number of carbonyl (C=O) groups is 2. The van der Waals surface area contributed by atoms with Crippen LogP contribution in [0.2, 0.25) is 0 Å². The predicted octanol–water partition coefficient (Wildman–Crippen LogP) is 3.98. The molecule has 2 fully saturated rings. The van der Waals surface area contributed by atoms with E-state index in [0.29, 0.717) is 25.8 Å². The van der Waals surface area contributed by atoms with Crippen molar-refractivity contribution in [2.45, 2.75) is 63.3 Å². The van der Waals surface area contributed by atoms with E-state index in [0.717, 1.165) is 41.8 Å². The number of benzene rings is 2. The van der Waals surface area contributed by atoms with E-state index >= 15 is 0 Å². The van der Waals surface area contributed by atoms with Crippen LogP contribution in [0.5, 0.6) is 0 Å². The van der Waals surface area contributed by atoms with Gasteiger partial charge < -0.3 is 10.2 Å². The summed E-state index contributed by atoms with van der Waals surface area (Å²) in [6.45, 7) is 4.64. The molecule has 0 spiro atoms. The molecule has 186 valence electrons. The van der Waals surface area contributed by atoms with Crippen molar-refractivity contribution in [3.8, 4) is 0 Å². The lowest BCUT2D eigenvalue weighted by atomic mass is 9.98. The monoisotopic (exact) mass is 495 g/mol. The number of aryl methyl sites for hydroxylation is 1. The standard InChI is InChI=1S/C27H33N3O4S/c1-3-19-6-4-8-23(15-19)28-26(31)21-7-5-13-29(17-21)35(33,34)24-11-12-25-22(16-24)14-18(2)30(25)27(32)20-9-10-20/h4,6,8,11-12,15-16,18,20-21H,3,5,7,9-10,13-14,17H2,1-2H3,(H,28,31). The second-order valence-electron chi connectivity index (χ2n) is 10.1. The normalized spacial score (nSPS) is 22.6. The summed E-state index contributed by atoms with van der Waals surface area (Å²) in [7, 11) is -3.74. The fourth-order valence-electron chi connectivity index (χ4n) is 5.27. The molecule has 1 saturated heterocycles. The zero-order valence-electron chi connectivity index (χ0n) is 20.4. The van der Waals surface area contributed by atoms with E-state index in [1.165, 1.54) is 4.31 Å². The molecule has 2 aliphatic heterocycles. The van der Waals surface area contributed by atoms with Crippen molar-refractivity contribution in [2.24, 2.45) is 11.8 Å². The maximum absolute atomic E-state index is 13.5. The van der Waals surface area contributed by atoms with Crippen LogP contribution in [0.15, 0.2) is 47.4 Å². The molecule has 8 heteroatoms. The van der Waals surface area contributed by atoms with Gasteiger partial charge in [-0.15, -0.1) is 0 Å². The molecule has 5 rings (SSSR count). The van der Waals surface area contributed by atoms with Crippen LogP contribution >= 0.6 is 0 Å². The minimum Gasteiger partial charge on any atom is -0.326 e.